The largest absolute Gasteiger partial charge is 0.490 e. The van der Waals surface area contributed by atoms with Gasteiger partial charge in [0.1, 0.15) is 18.1 Å². The van der Waals surface area contributed by atoms with Gasteiger partial charge >= 0.3 is 18.3 Å². The van der Waals surface area contributed by atoms with Crippen LogP contribution in [0.15, 0.2) is 66.7 Å². The molecule has 0 aliphatic rings. The first-order valence-corrected chi connectivity index (χ1v) is 9.40. The summed E-state index contributed by atoms with van der Waals surface area (Å²) in [5.41, 5.74) is 0.0565. The maximum Gasteiger partial charge on any atom is 0.490 e. The molecule has 0 aliphatic carbocycles. The fourth-order valence-corrected chi connectivity index (χ4v) is 2.35. The number of para-hydroxylation sites is 1. The third kappa shape index (κ3) is 8.52. The Bertz CT molecular complexity index is 1090. The standard InChI is InChI=1S/C20H17F3N2O2.C2HF3O2/c1-24-15-11-18(20(21,22)23)25-19(12-15)27-17-9-5-6-14(10-17)13-26-16-7-3-2-4-8-16;3-2(4,5)1(6)7/h2-12H,13H2,1H3,(H,24,25);(H,6,7). The van der Waals surface area contributed by atoms with E-state index in [1.165, 1.54) is 13.1 Å². The highest BCUT2D eigenvalue weighted by Gasteiger charge is 2.38. The number of aliphatic carboxylic acids is 1. The number of carboxylic acids is 1. The number of halogens is 6. The van der Waals surface area contributed by atoms with Gasteiger partial charge in [-0.3, -0.25) is 0 Å². The summed E-state index contributed by atoms with van der Waals surface area (Å²) >= 11 is 0. The minimum atomic E-state index is -5.08. The van der Waals surface area contributed by atoms with E-state index in [0.29, 0.717) is 12.4 Å². The molecule has 0 bridgehead atoms. The van der Waals surface area contributed by atoms with Crippen LogP contribution < -0.4 is 14.8 Å². The van der Waals surface area contributed by atoms with Crippen molar-refractivity contribution in [3.63, 3.8) is 0 Å². The normalized spacial score (nSPS) is 11.1. The highest BCUT2D eigenvalue weighted by molar-refractivity contribution is 5.73. The third-order valence-electron chi connectivity index (χ3n) is 3.89. The zero-order valence-corrected chi connectivity index (χ0v) is 17.4. The predicted molar refractivity (Wildman–Crippen MR) is 110 cm³/mol. The van der Waals surface area contributed by atoms with E-state index < -0.39 is 24.0 Å². The van der Waals surface area contributed by atoms with E-state index in [2.05, 4.69) is 10.3 Å². The number of anilines is 1. The quantitative estimate of drug-likeness (QED) is 0.406. The number of hydrogen-bond acceptors (Lipinski definition) is 5. The van der Waals surface area contributed by atoms with Crippen LogP contribution in [-0.2, 0) is 17.6 Å². The molecule has 0 saturated heterocycles. The summed E-state index contributed by atoms with van der Waals surface area (Å²) in [7, 11) is 1.53. The van der Waals surface area contributed by atoms with Gasteiger partial charge in [0.15, 0.2) is 5.69 Å². The molecule has 12 heteroatoms. The molecule has 0 atom stereocenters. The van der Waals surface area contributed by atoms with Crippen LogP contribution >= 0.6 is 0 Å². The number of nitrogens with one attached hydrogen (secondary N) is 1. The molecule has 2 aromatic carbocycles. The third-order valence-corrected chi connectivity index (χ3v) is 3.89. The minimum absolute atomic E-state index is 0.143. The van der Waals surface area contributed by atoms with Crippen molar-refractivity contribution in [2.45, 2.75) is 19.0 Å². The van der Waals surface area contributed by atoms with Gasteiger partial charge in [-0.25, -0.2) is 9.78 Å². The lowest BCUT2D eigenvalue weighted by Crippen LogP contribution is -2.21. The van der Waals surface area contributed by atoms with Gasteiger partial charge in [0, 0.05) is 18.8 Å². The first-order chi connectivity index (χ1) is 15.9. The average molecular weight is 488 g/mol. The first kappa shape index (κ1) is 26.3. The molecule has 0 unspecified atom stereocenters. The zero-order valence-electron chi connectivity index (χ0n) is 17.4. The van der Waals surface area contributed by atoms with Crippen molar-refractivity contribution in [1.29, 1.82) is 0 Å². The number of hydrogen-bond donors (Lipinski definition) is 2. The summed E-state index contributed by atoms with van der Waals surface area (Å²) in [6, 6.07) is 18.6. The highest BCUT2D eigenvalue weighted by atomic mass is 19.4. The number of carbonyl (C=O) groups is 1. The van der Waals surface area contributed by atoms with Gasteiger partial charge in [-0.2, -0.15) is 26.3 Å². The van der Waals surface area contributed by atoms with Crippen molar-refractivity contribution >= 4 is 11.7 Å². The van der Waals surface area contributed by atoms with Crippen LogP contribution in [0.5, 0.6) is 17.4 Å². The van der Waals surface area contributed by atoms with Crippen LogP contribution in [0.4, 0.5) is 32.0 Å². The molecule has 0 aliphatic heterocycles. The molecule has 3 aromatic rings. The van der Waals surface area contributed by atoms with Crippen molar-refractivity contribution in [2.75, 3.05) is 12.4 Å². The molecule has 182 valence electrons. The van der Waals surface area contributed by atoms with Crippen LogP contribution in [0.3, 0.4) is 0 Å². The molecule has 3 rings (SSSR count). The number of alkyl halides is 6. The lowest BCUT2D eigenvalue weighted by atomic mass is 10.2. The maximum absolute atomic E-state index is 13.0. The Morgan fingerprint density at radius 1 is 0.941 bits per heavy atom. The van der Waals surface area contributed by atoms with Crippen molar-refractivity contribution in [2.24, 2.45) is 0 Å². The van der Waals surface area contributed by atoms with E-state index in [1.807, 2.05) is 36.4 Å². The summed E-state index contributed by atoms with van der Waals surface area (Å²) in [5.74, 6) is -1.80. The molecule has 0 amide bonds. The van der Waals surface area contributed by atoms with Crippen molar-refractivity contribution in [3.8, 4) is 17.4 Å². The van der Waals surface area contributed by atoms with Crippen LogP contribution in [-0.4, -0.2) is 29.3 Å². The van der Waals surface area contributed by atoms with Gasteiger partial charge < -0.3 is 19.9 Å². The summed E-state index contributed by atoms with van der Waals surface area (Å²) in [6.07, 6.45) is -9.64. The maximum atomic E-state index is 13.0. The van der Waals surface area contributed by atoms with E-state index in [9.17, 15) is 26.3 Å². The second kappa shape index (κ2) is 11.3. The van der Waals surface area contributed by atoms with Gasteiger partial charge in [-0.05, 0) is 35.9 Å². The fourth-order valence-electron chi connectivity index (χ4n) is 2.35. The molecular weight excluding hydrogens is 470 g/mol. The Balaban J connectivity index is 0.000000509. The van der Waals surface area contributed by atoms with E-state index in [1.54, 1.807) is 18.2 Å². The van der Waals surface area contributed by atoms with Crippen LogP contribution in [0.1, 0.15) is 11.3 Å². The number of aromatic nitrogens is 1. The summed E-state index contributed by atoms with van der Waals surface area (Å²) in [4.78, 5) is 12.4. The molecule has 1 aromatic heterocycles. The Kier molecular flexibility index (Phi) is 8.70. The molecule has 0 spiro atoms. The number of benzene rings is 2. The molecule has 34 heavy (non-hydrogen) atoms. The molecule has 6 nitrogen and oxygen atoms in total. The molecule has 0 fully saturated rings. The van der Waals surface area contributed by atoms with Crippen LogP contribution in [0, 0.1) is 0 Å². The van der Waals surface area contributed by atoms with E-state index in [0.717, 1.165) is 17.4 Å². The Hall–Kier alpha value is -3.96. The lowest BCUT2D eigenvalue weighted by Gasteiger charge is -2.12. The van der Waals surface area contributed by atoms with E-state index >= 15 is 0 Å². The Labute approximate surface area is 189 Å². The fraction of sp³-hybridized carbons (Fsp3) is 0.182. The van der Waals surface area contributed by atoms with Crippen molar-refractivity contribution in [3.05, 3.63) is 78.0 Å². The summed E-state index contributed by atoms with van der Waals surface area (Å²) < 4.78 is 81.9. The van der Waals surface area contributed by atoms with Crippen LogP contribution in [0.25, 0.3) is 0 Å². The van der Waals surface area contributed by atoms with Crippen molar-refractivity contribution < 1.29 is 45.7 Å². The molecule has 2 N–H and O–H groups in total. The lowest BCUT2D eigenvalue weighted by molar-refractivity contribution is -0.192. The summed E-state index contributed by atoms with van der Waals surface area (Å²) in [6.45, 7) is 0.305. The molecule has 1 heterocycles. The van der Waals surface area contributed by atoms with E-state index in [4.69, 9.17) is 19.4 Å². The molecule has 0 saturated carbocycles. The smallest absolute Gasteiger partial charge is 0.489 e. The number of nitrogens with zero attached hydrogens (tertiary/aromatic N) is 1. The average Bonchev–Trinajstić information content (AvgIpc) is 2.77. The van der Waals surface area contributed by atoms with Crippen LogP contribution in [0.2, 0.25) is 0 Å². The van der Waals surface area contributed by atoms with Crippen molar-refractivity contribution in [1.82, 2.24) is 4.98 Å². The second-order valence-electron chi connectivity index (χ2n) is 6.48. The predicted octanol–water partition coefficient (Wildman–Crippen LogP) is 6.15. The number of carboxylic acid groups (broad SMARTS) is 1. The second-order valence-corrected chi connectivity index (χ2v) is 6.48. The summed E-state index contributed by atoms with van der Waals surface area (Å²) in [5, 5.41) is 9.80. The molecular formula is C22H18F6N2O4. The first-order valence-electron chi connectivity index (χ1n) is 9.40. The zero-order chi connectivity index (χ0) is 25.4. The number of pyridine rings is 1. The topological polar surface area (TPSA) is 80.7 Å². The van der Waals surface area contributed by atoms with E-state index in [-0.39, 0.29) is 11.6 Å². The van der Waals surface area contributed by atoms with Gasteiger partial charge in [-0.15, -0.1) is 0 Å². The SMILES string of the molecule is CNc1cc(Oc2cccc(COc3ccccc3)c2)nc(C(F)(F)F)c1.O=C(O)C(F)(F)F. The number of rotatable bonds is 6. The Morgan fingerprint density at radius 2 is 1.56 bits per heavy atom. The highest BCUT2D eigenvalue weighted by Crippen LogP contribution is 2.32. The van der Waals surface area contributed by atoms with Gasteiger partial charge in [-0.1, -0.05) is 30.3 Å². The van der Waals surface area contributed by atoms with Gasteiger partial charge in [0.05, 0.1) is 0 Å². The Morgan fingerprint density at radius 3 is 2.12 bits per heavy atom. The number of ether oxygens (including phenoxy) is 2. The minimum Gasteiger partial charge on any atom is -0.489 e. The monoisotopic (exact) mass is 488 g/mol. The van der Waals surface area contributed by atoms with Gasteiger partial charge in [0.25, 0.3) is 0 Å². The van der Waals surface area contributed by atoms with Gasteiger partial charge in [0.2, 0.25) is 5.88 Å². The molecule has 0 radical (unpaired) electrons.